The van der Waals surface area contributed by atoms with E-state index in [4.69, 9.17) is 4.74 Å². The van der Waals surface area contributed by atoms with Gasteiger partial charge in [-0.1, -0.05) is 18.2 Å². The van der Waals surface area contributed by atoms with Crippen molar-refractivity contribution >= 4 is 28.9 Å². The van der Waals surface area contributed by atoms with Crippen LogP contribution >= 0.6 is 0 Å². The van der Waals surface area contributed by atoms with Gasteiger partial charge in [0.05, 0.1) is 11.1 Å². The Morgan fingerprint density at radius 1 is 1.05 bits per heavy atom. The predicted octanol–water partition coefficient (Wildman–Crippen LogP) is 4.33. The maximum atomic E-state index is 13.5. The lowest BCUT2D eigenvalue weighted by Crippen LogP contribution is -2.49. The highest BCUT2D eigenvalue weighted by Gasteiger charge is 2.32. The summed E-state index contributed by atoms with van der Waals surface area (Å²) in [7, 11) is 0. The molecule has 1 fully saturated rings. The number of para-hydroxylation sites is 1. The van der Waals surface area contributed by atoms with Gasteiger partial charge in [0.25, 0.3) is 5.91 Å². The molecule has 1 aliphatic rings. The van der Waals surface area contributed by atoms with Crippen LogP contribution in [0.25, 0.3) is 10.9 Å². The number of piperazine rings is 1. The molecule has 0 bridgehead atoms. The van der Waals surface area contributed by atoms with Crippen molar-refractivity contribution in [2.45, 2.75) is 52.1 Å². The molecule has 0 saturated carbocycles. The molecular weight excluding hydrogens is 501 g/mol. The molecule has 1 aliphatic heterocycles. The Morgan fingerprint density at radius 3 is 2.29 bits per heavy atom. The minimum absolute atomic E-state index is 0.138. The van der Waals surface area contributed by atoms with Gasteiger partial charge >= 0.3 is 12.3 Å². The zero-order valence-electron chi connectivity index (χ0n) is 21.7. The van der Waals surface area contributed by atoms with Crippen molar-refractivity contribution in [3.63, 3.8) is 0 Å². The summed E-state index contributed by atoms with van der Waals surface area (Å²) in [6.45, 7) is 9.23. The van der Waals surface area contributed by atoms with Crippen LogP contribution in [-0.2, 0) is 17.5 Å². The number of hydrogen-bond acceptors (Lipinski definition) is 6. The second kappa shape index (κ2) is 10.5. The van der Waals surface area contributed by atoms with E-state index < -0.39 is 23.4 Å². The van der Waals surface area contributed by atoms with Gasteiger partial charge in [-0.05, 0) is 33.8 Å². The number of fused-ring (bicyclic) bond motifs is 1. The van der Waals surface area contributed by atoms with E-state index in [9.17, 15) is 22.8 Å². The zero-order valence-corrected chi connectivity index (χ0v) is 21.7. The van der Waals surface area contributed by atoms with Gasteiger partial charge in [-0.15, -0.1) is 0 Å². The number of carbonyl (C=O) groups is 2. The number of anilines is 1. The molecule has 0 spiro atoms. The fraction of sp³-hybridized carbons (Fsp3) is 0.462. The summed E-state index contributed by atoms with van der Waals surface area (Å²) in [5.41, 5.74) is -0.0940. The Kier molecular flexibility index (Phi) is 7.52. The molecule has 2 aromatic heterocycles. The number of benzene rings is 1. The number of alkyl halides is 3. The predicted molar refractivity (Wildman–Crippen MR) is 136 cm³/mol. The fourth-order valence-corrected chi connectivity index (χ4v) is 4.33. The minimum atomic E-state index is -4.49. The summed E-state index contributed by atoms with van der Waals surface area (Å²) in [6, 6.07) is 7.31. The molecule has 3 heterocycles. The molecule has 1 unspecified atom stereocenters. The number of alkyl carbamates (subject to hydrolysis) is 1. The van der Waals surface area contributed by atoms with E-state index >= 15 is 0 Å². The largest absolute Gasteiger partial charge is 0.444 e. The van der Waals surface area contributed by atoms with Gasteiger partial charge in [-0.2, -0.15) is 13.2 Å². The average molecular weight is 533 g/mol. The van der Waals surface area contributed by atoms with Crippen molar-refractivity contribution in [2.75, 3.05) is 31.1 Å². The monoisotopic (exact) mass is 532 g/mol. The van der Waals surface area contributed by atoms with Crippen LogP contribution in [0.4, 0.5) is 23.9 Å². The van der Waals surface area contributed by atoms with Crippen LogP contribution in [0.3, 0.4) is 0 Å². The number of nitrogens with zero attached hydrogens (tertiary/aromatic N) is 5. The lowest BCUT2D eigenvalue weighted by Gasteiger charge is -2.34. The summed E-state index contributed by atoms with van der Waals surface area (Å²) in [5.74, 6) is 0.0638. The third-order valence-electron chi connectivity index (χ3n) is 6.07. The van der Waals surface area contributed by atoms with Crippen molar-refractivity contribution in [1.29, 1.82) is 0 Å². The molecule has 4 rings (SSSR count). The summed E-state index contributed by atoms with van der Waals surface area (Å²) in [5, 5.41) is 3.63. The zero-order chi connectivity index (χ0) is 27.7. The van der Waals surface area contributed by atoms with Gasteiger partial charge < -0.3 is 24.4 Å². The van der Waals surface area contributed by atoms with E-state index in [-0.39, 0.29) is 17.9 Å². The fourth-order valence-electron chi connectivity index (χ4n) is 4.33. The third-order valence-corrected chi connectivity index (χ3v) is 6.07. The van der Waals surface area contributed by atoms with Crippen LogP contribution in [0.15, 0.2) is 42.9 Å². The normalized spacial score (nSPS) is 15.4. The van der Waals surface area contributed by atoms with Crippen molar-refractivity contribution in [3.05, 3.63) is 54.0 Å². The second-order valence-corrected chi connectivity index (χ2v) is 10.3. The summed E-state index contributed by atoms with van der Waals surface area (Å²) in [6.07, 6.45) is -1.66. The van der Waals surface area contributed by atoms with E-state index in [1.807, 2.05) is 35.8 Å². The number of carbonyl (C=O) groups excluding carboxylic acids is 2. The first-order chi connectivity index (χ1) is 17.8. The summed E-state index contributed by atoms with van der Waals surface area (Å²) >= 11 is 0. The first kappa shape index (κ1) is 27.2. The quantitative estimate of drug-likeness (QED) is 0.526. The van der Waals surface area contributed by atoms with Gasteiger partial charge in [0, 0.05) is 68.3 Å². The van der Waals surface area contributed by atoms with Gasteiger partial charge in [0.2, 0.25) is 5.95 Å². The van der Waals surface area contributed by atoms with Gasteiger partial charge in [-0.25, -0.2) is 14.8 Å². The molecule has 0 radical (unpaired) electrons. The number of ether oxygens (including phenoxy) is 1. The summed E-state index contributed by atoms with van der Waals surface area (Å²) in [4.78, 5) is 36.9. The SMILES string of the molecule is CC(Cn1cc(C(=O)N2CCN(c3ncc(C(F)(F)F)cn3)CC2)c2ccccc21)NC(=O)OC(C)(C)C. The average Bonchev–Trinajstić information content (AvgIpc) is 3.20. The number of aromatic nitrogens is 3. The highest BCUT2D eigenvalue weighted by atomic mass is 19.4. The van der Waals surface area contributed by atoms with E-state index in [0.717, 1.165) is 23.3 Å². The molecular formula is C26H31F3N6O3. The molecule has 12 heteroatoms. The van der Waals surface area contributed by atoms with Crippen molar-refractivity contribution in [3.8, 4) is 0 Å². The Labute approximate surface area is 218 Å². The smallest absolute Gasteiger partial charge is 0.419 e. The molecule has 1 atom stereocenters. The van der Waals surface area contributed by atoms with Crippen molar-refractivity contribution in [1.82, 2.24) is 24.8 Å². The topological polar surface area (TPSA) is 92.6 Å². The minimum Gasteiger partial charge on any atom is -0.444 e. The molecule has 1 saturated heterocycles. The lowest BCUT2D eigenvalue weighted by atomic mass is 10.1. The standard InChI is InChI=1S/C26H31F3N6O3/c1-17(32-24(37)38-25(2,3)4)15-35-16-20(19-7-5-6-8-21(19)35)22(36)33-9-11-34(12-10-33)23-30-13-18(14-31-23)26(27,28)29/h5-8,13-14,16-17H,9-12,15H2,1-4H3,(H,32,37). The molecule has 1 aromatic carbocycles. The molecule has 204 valence electrons. The van der Waals surface area contributed by atoms with Crippen LogP contribution in [-0.4, -0.2) is 69.3 Å². The maximum absolute atomic E-state index is 13.5. The van der Waals surface area contributed by atoms with Crippen molar-refractivity contribution in [2.24, 2.45) is 0 Å². The molecule has 38 heavy (non-hydrogen) atoms. The Balaban J connectivity index is 1.43. The lowest BCUT2D eigenvalue weighted by molar-refractivity contribution is -0.138. The molecule has 0 aliphatic carbocycles. The van der Waals surface area contributed by atoms with Crippen LogP contribution in [0, 0.1) is 0 Å². The van der Waals surface area contributed by atoms with Gasteiger partial charge in [0.1, 0.15) is 5.60 Å². The van der Waals surface area contributed by atoms with Crippen LogP contribution in [0.5, 0.6) is 0 Å². The van der Waals surface area contributed by atoms with E-state index in [1.165, 1.54) is 0 Å². The van der Waals surface area contributed by atoms with Crippen LogP contribution in [0.2, 0.25) is 0 Å². The first-order valence-corrected chi connectivity index (χ1v) is 12.3. The van der Waals surface area contributed by atoms with Crippen LogP contribution in [0.1, 0.15) is 43.6 Å². The van der Waals surface area contributed by atoms with E-state index in [2.05, 4.69) is 15.3 Å². The van der Waals surface area contributed by atoms with Gasteiger partial charge in [0.15, 0.2) is 0 Å². The maximum Gasteiger partial charge on any atom is 0.419 e. The van der Waals surface area contributed by atoms with Crippen LogP contribution < -0.4 is 10.2 Å². The Morgan fingerprint density at radius 2 is 1.68 bits per heavy atom. The van der Waals surface area contributed by atoms with Crippen molar-refractivity contribution < 1.29 is 27.5 Å². The Hall–Kier alpha value is -3.83. The van der Waals surface area contributed by atoms with E-state index in [0.29, 0.717) is 38.3 Å². The third kappa shape index (κ3) is 6.35. The summed E-state index contributed by atoms with van der Waals surface area (Å²) < 4.78 is 45.7. The second-order valence-electron chi connectivity index (χ2n) is 10.3. The Bertz CT molecular complexity index is 1290. The molecule has 9 nitrogen and oxygen atoms in total. The molecule has 2 amide bonds. The first-order valence-electron chi connectivity index (χ1n) is 12.3. The highest BCUT2D eigenvalue weighted by Crippen LogP contribution is 2.29. The molecule has 1 N–H and O–H groups in total. The number of halogens is 3. The number of hydrogen-bond donors (Lipinski definition) is 1. The molecule has 3 aromatic rings. The number of nitrogens with one attached hydrogen (secondary N) is 1. The van der Waals surface area contributed by atoms with Gasteiger partial charge in [-0.3, -0.25) is 4.79 Å². The van der Waals surface area contributed by atoms with E-state index in [1.54, 1.807) is 36.8 Å². The highest BCUT2D eigenvalue weighted by molar-refractivity contribution is 6.07. The number of amides is 2. The number of rotatable bonds is 5.